The maximum atomic E-state index is 13.6. The molecule has 0 aromatic heterocycles. The summed E-state index contributed by atoms with van der Waals surface area (Å²) in [5.41, 5.74) is 2.24. The highest BCUT2D eigenvalue weighted by molar-refractivity contribution is 5.84. The van der Waals surface area contributed by atoms with E-state index in [0.717, 1.165) is 39.0 Å². The van der Waals surface area contributed by atoms with Crippen LogP contribution in [0.4, 0.5) is 0 Å². The molecule has 0 spiro atoms. The molecule has 1 fully saturated rings. The molecule has 2 aromatic rings. The Hall–Kier alpha value is -6.40. The highest BCUT2D eigenvalue weighted by Gasteiger charge is 2.59. The Balaban J connectivity index is 1.97. The lowest BCUT2D eigenvalue weighted by Crippen LogP contribution is -2.70. The van der Waals surface area contributed by atoms with Gasteiger partial charge in [0.05, 0.1) is 65.5 Å². The largest absolute Gasteiger partial charge is 0.465 e. The molecule has 0 radical (unpaired) electrons. The zero-order valence-corrected chi connectivity index (χ0v) is 35.9. The van der Waals surface area contributed by atoms with Crippen LogP contribution >= 0.6 is 0 Å². The van der Waals surface area contributed by atoms with Crippen LogP contribution in [0.5, 0.6) is 5.75 Å². The fourth-order valence-corrected chi connectivity index (χ4v) is 6.36. The first-order valence-corrected chi connectivity index (χ1v) is 19.7. The minimum atomic E-state index is -2.43. The number of ether oxygens (including phenoxy) is 9. The van der Waals surface area contributed by atoms with Crippen molar-refractivity contribution in [2.24, 2.45) is 0 Å². The van der Waals surface area contributed by atoms with E-state index in [0.29, 0.717) is 11.3 Å². The lowest BCUT2D eigenvalue weighted by atomic mass is 9.87. The SMILES string of the molecule is C#CCOCCOCCO[C@]1(C(=O)OC)C[C@H](OC(C)=O)[C@@H](NC(=O)CNC(C)=O)[C@H]([C@H](OC(C)=O)[C@@H](CNC(=O)Cc2ccc(-c3ccc(OC(C)=O)cc3)cc2)OC(C)=O)O1. The zero-order valence-electron chi connectivity index (χ0n) is 35.9. The molecule has 3 N–H and O–H groups in total. The standard InChI is InChI=1S/C43H53N3O17/c1-8-17-56-18-19-57-20-21-58-43(42(54)55-7)23-35(60-28(4)49)39(46-38(53)25-44-26(2)47)41(63-43)40(62-30(6)51)36(61-29(5)50)24-45-37(52)22-31-9-11-32(12-10-31)33-13-15-34(16-14-33)59-27(3)48/h1,9-16,35-36,39-41H,17-25H2,2-7H3,(H,44,47)(H,45,52)(H,46,53)/t35-,36+,39+,40+,41+,43+/m0/s1. The van der Waals surface area contributed by atoms with E-state index in [1.54, 1.807) is 48.5 Å². The number of carbonyl (C=O) groups is 8. The number of hydrogen-bond acceptors (Lipinski definition) is 17. The Bertz CT molecular complexity index is 1950. The maximum Gasteiger partial charge on any atom is 0.366 e. The minimum absolute atomic E-state index is 0.0642. The maximum absolute atomic E-state index is 13.6. The van der Waals surface area contributed by atoms with Crippen molar-refractivity contribution >= 4 is 47.6 Å². The number of terminal acetylenes is 1. The molecule has 0 bridgehead atoms. The molecule has 63 heavy (non-hydrogen) atoms. The molecule has 3 amide bonds. The second-order valence-electron chi connectivity index (χ2n) is 13.9. The molecule has 1 aliphatic heterocycles. The number of benzene rings is 2. The second kappa shape index (κ2) is 25.5. The summed E-state index contributed by atoms with van der Waals surface area (Å²) in [5.74, 6) is -5.92. The van der Waals surface area contributed by atoms with Crippen LogP contribution in [0.15, 0.2) is 48.5 Å². The van der Waals surface area contributed by atoms with Crippen LogP contribution in [0.1, 0.15) is 46.6 Å². The molecule has 0 saturated carbocycles. The third-order valence-corrected chi connectivity index (χ3v) is 8.89. The Kier molecular flexibility index (Phi) is 20.6. The third kappa shape index (κ3) is 17.1. The topological polar surface area (TPSA) is 256 Å². The Morgan fingerprint density at radius 3 is 1.97 bits per heavy atom. The fraction of sp³-hybridized carbons (Fsp3) is 0.488. The van der Waals surface area contributed by atoms with E-state index >= 15 is 0 Å². The second-order valence-corrected chi connectivity index (χ2v) is 13.9. The molecule has 342 valence electrons. The lowest BCUT2D eigenvalue weighted by molar-refractivity contribution is -0.315. The van der Waals surface area contributed by atoms with Crippen molar-refractivity contribution < 1.29 is 81.0 Å². The van der Waals surface area contributed by atoms with Gasteiger partial charge < -0.3 is 58.6 Å². The number of carbonyl (C=O) groups excluding carboxylic acids is 8. The van der Waals surface area contributed by atoms with Gasteiger partial charge in [-0.15, -0.1) is 6.42 Å². The van der Waals surface area contributed by atoms with Crippen LogP contribution in [0.3, 0.4) is 0 Å². The van der Waals surface area contributed by atoms with Gasteiger partial charge in [0.25, 0.3) is 5.79 Å². The van der Waals surface area contributed by atoms with Crippen molar-refractivity contribution in [1.82, 2.24) is 16.0 Å². The van der Waals surface area contributed by atoms with Gasteiger partial charge in [0, 0.05) is 34.6 Å². The van der Waals surface area contributed by atoms with E-state index in [1.165, 1.54) is 13.8 Å². The Morgan fingerprint density at radius 1 is 0.778 bits per heavy atom. The van der Waals surface area contributed by atoms with Gasteiger partial charge in [0.15, 0.2) is 12.2 Å². The number of nitrogens with one attached hydrogen (secondary N) is 3. The summed E-state index contributed by atoms with van der Waals surface area (Å²) < 4.78 is 50.1. The van der Waals surface area contributed by atoms with Gasteiger partial charge in [-0.1, -0.05) is 42.3 Å². The molecule has 0 aliphatic carbocycles. The summed E-state index contributed by atoms with van der Waals surface area (Å²) in [6.07, 6.45) is -2.15. The van der Waals surface area contributed by atoms with Gasteiger partial charge in [-0.25, -0.2) is 4.79 Å². The molecule has 0 unspecified atom stereocenters. The molecule has 6 atom stereocenters. The van der Waals surface area contributed by atoms with Crippen molar-refractivity contribution in [2.75, 3.05) is 53.2 Å². The number of rotatable bonds is 23. The Morgan fingerprint density at radius 2 is 1.40 bits per heavy atom. The van der Waals surface area contributed by atoms with E-state index in [4.69, 9.17) is 49.1 Å². The monoisotopic (exact) mass is 883 g/mol. The quantitative estimate of drug-likeness (QED) is 0.0456. The van der Waals surface area contributed by atoms with Crippen molar-refractivity contribution in [2.45, 2.75) is 83.7 Å². The van der Waals surface area contributed by atoms with Crippen molar-refractivity contribution in [1.29, 1.82) is 0 Å². The molecule has 20 heteroatoms. The molecule has 1 saturated heterocycles. The number of hydrogen-bond donors (Lipinski definition) is 3. The van der Waals surface area contributed by atoms with Crippen LogP contribution in [-0.4, -0.2) is 137 Å². The minimum Gasteiger partial charge on any atom is -0.465 e. The summed E-state index contributed by atoms with van der Waals surface area (Å²) in [6.45, 7) is 4.44. The summed E-state index contributed by atoms with van der Waals surface area (Å²) >= 11 is 0. The van der Waals surface area contributed by atoms with Crippen LogP contribution < -0.4 is 20.7 Å². The van der Waals surface area contributed by atoms with E-state index in [-0.39, 0.29) is 39.5 Å². The smallest absolute Gasteiger partial charge is 0.366 e. The van der Waals surface area contributed by atoms with Crippen LogP contribution in [0.25, 0.3) is 11.1 Å². The normalized spacial score (nSPS) is 18.8. The van der Waals surface area contributed by atoms with Gasteiger partial charge in [-0.2, -0.15) is 0 Å². The summed E-state index contributed by atoms with van der Waals surface area (Å²) in [7, 11) is 1.03. The van der Waals surface area contributed by atoms with Crippen molar-refractivity contribution in [3.63, 3.8) is 0 Å². The lowest BCUT2D eigenvalue weighted by Gasteiger charge is -2.48. The molecular formula is C43H53N3O17. The number of esters is 5. The first-order valence-electron chi connectivity index (χ1n) is 19.7. The van der Waals surface area contributed by atoms with E-state index < -0.39 is 103 Å². The van der Waals surface area contributed by atoms with E-state index in [2.05, 4.69) is 21.9 Å². The first kappa shape index (κ1) is 51.0. The molecular weight excluding hydrogens is 830 g/mol. The number of methoxy groups -OCH3 is 1. The van der Waals surface area contributed by atoms with Crippen molar-refractivity contribution in [3.05, 3.63) is 54.1 Å². The average Bonchev–Trinajstić information content (AvgIpc) is 3.22. The van der Waals surface area contributed by atoms with Crippen molar-refractivity contribution in [3.8, 4) is 29.2 Å². The third-order valence-electron chi connectivity index (χ3n) is 8.89. The number of amides is 3. The van der Waals surface area contributed by atoms with E-state index in [1.807, 2.05) is 0 Å². The first-order chi connectivity index (χ1) is 30.0. The van der Waals surface area contributed by atoms with Gasteiger partial charge in [0.2, 0.25) is 17.7 Å². The summed E-state index contributed by atoms with van der Waals surface area (Å²) in [4.78, 5) is 101. The summed E-state index contributed by atoms with van der Waals surface area (Å²) in [5, 5.41) is 7.61. The zero-order chi connectivity index (χ0) is 46.5. The van der Waals surface area contributed by atoms with Gasteiger partial charge >= 0.3 is 29.8 Å². The predicted molar refractivity (Wildman–Crippen MR) is 218 cm³/mol. The van der Waals surface area contributed by atoms with Gasteiger partial charge in [-0.05, 0) is 28.8 Å². The van der Waals surface area contributed by atoms with Gasteiger partial charge in [-0.3, -0.25) is 33.6 Å². The Labute approximate surface area is 364 Å². The van der Waals surface area contributed by atoms with Crippen LogP contribution in [-0.2, 0) is 82.7 Å². The fourth-order valence-electron chi connectivity index (χ4n) is 6.36. The van der Waals surface area contributed by atoms with Gasteiger partial charge in [0.1, 0.15) is 24.6 Å². The van der Waals surface area contributed by atoms with Crippen LogP contribution in [0, 0.1) is 12.3 Å². The highest BCUT2D eigenvalue weighted by atomic mass is 16.7. The summed E-state index contributed by atoms with van der Waals surface area (Å²) in [6, 6.07) is 12.4. The average molecular weight is 884 g/mol. The molecule has 3 rings (SSSR count). The molecule has 1 heterocycles. The predicted octanol–water partition coefficient (Wildman–Crippen LogP) is 0.695. The highest BCUT2D eigenvalue weighted by Crippen LogP contribution is 2.37. The van der Waals surface area contributed by atoms with E-state index in [9.17, 15) is 38.4 Å². The molecule has 2 aromatic carbocycles. The molecule has 20 nitrogen and oxygen atoms in total. The van der Waals surface area contributed by atoms with Crippen LogP contribution in [0.2, 0.25) is 0 Å². The molecule has 1 aliphatic rings.